The number of fused-ring (bicyclic) bond motifs is 1. The van der Waals surface area contributed by atoms with Crippen molar-refractivity contribution in [3.63, 3.8) is 0 Å². The molecule has 1 aromatic heterocycles. The van der Waals surface area contributed by atoms with Gasteiger partial charge in [0, 0.05) is 24.0 Å². The molecule has 0 aliphatic carbocycles. The third-order valence-corrected chi connectivity index (χ3v) is 6.34. The third kappa shape index (κ3) is 3.08. The molecule has 0 unspecified atom stereocenters. The van der Waals surface area contributed by atoms with Gasteiger partial charge in [-0.25, -0.2) is 4.98 Å². The average molecular weight is 362 g/mol. The summed E-state index contributed by atoms with van der Waals surface area (Å²) in [5.41, 5.74) is 1.43. The number of aromatic nitrogens is 1. The molecule has 4 rings (SSSR count). The molecular formula is C18H20ClN3OS. The maximum Gasteiger partial charge on any atom is 0.273 e. The molecule has 2 aliphatic heterocycles. The topological polar surface area (TPSA) is 45.2 Å². The second kappa shape index (κ2) is 6.82. The number of hydrogen-bond donors (Lipinski definition) is 1. The van der Waals surface area contributed by atoms with E-state index in [1.165, 1.54) is 11.3 Å². The number of halogens is 1. The number of thiazole rings is 1. The van der Waals surface area contributed by atoms with E-state index in [4.69, 9.17) is 11.6 Å². The van der Waals surface area contributed by atoms with Gasteiger partial charge in [-0.15, -0.1) is 11.3 Å². The zero-order valence-electron chi connectivity index (χ0n) is 13.4. The van der Waals surface area contributed by atoms with Gasteiger partial charge in [0.25, 0.3) is 5.91 Å². The molecule has 1 N–H and O–H groups in total. The summed E-state index contributed by atoms with van der Waals surface area (Å²) in [7, 11) is 0. The Labute approximate surface area is 150 Å². The Morgan fingerprint density at radius 2 is 1.92 bits per heavy atom. The fourth-order valence-corrected chi connectivity index (χ4v) is 4.83. The number of benzene rings is 1. The highest BCUT2D eigenvalue weighted by atomic mass is 35.5. The molecule has 1 amide bonds. The van der Waals surface area contributed by atoms with E-state index in [1.54, 1.807) is 0 Å². The predicted octanol–water partition coefficient (Wildman–Crippen LogP) is 3.54. The Hall–Kier alpha value is -1.43. The number of nitrogens with one attached hydrogen (secondary N) is 1. The van der Waals surface area contributed by atoms with Crippen molar-refractivity contribution in [2.45, 2.75) is 12.8 Å². The average Bonchev–Trinajstić information content (AvgIpc) is 3.21. The van der Waals surface area contributed by atoms with Crippen LogP contribution in [0.4, 0.5) is 0 Å². The lowest BCUT2D eigenvalue weighted by Crippen LogP contribution is -2.33. The molecule has 4 nitrogen and oxygen atoms in total. The van der Waals surface area contributed by atoms with Crippen LogP contribution in [0, 0.1) is 11.8 Å². The molecule has 2 fully saturated rings. The number of carbonyl (C=O) groups excluding carboxylic acids is 1. The third-order valence-electron chi connectivity index (χ3n) is 5.13. The molecule has 2 saturated heterocycles. The summed E-state index contributed by atoms with van der Waals surface area (Å²) in [6.07, 6.45) is 2.18. The number of nitrogens with zero attached hydrogens (tertiary/aromatic N) is 2. The van der Waals surface area contributed by atoms with Crippen LogP contribution in [0.1, 0.15) is 23.3 Å². The molecule has 2 atom stereocenters. The van der Waals surface area contributed by atoms with Crippen LogP contribution < -0.4 is 5.32 Å². The molecule has 126 valence electrons. The van der Waals surface area contributed by atoms with Crippen LogP contribution in [0.25, 0.3) is 10.6 Å². The SMILES string of the molecule is O=C(c1csc(-c2ccccc2Cl)n1)N1CC[C@@H]2CNC[C@@H]2CC1. The van der Waals surface area contributed by atoms with Gasteiger partial charge in [0.2, 0.25) is 0 Å². The second-order valence-electron chi connectivity index (χ2n) is 6.57. The number of carbonyl (C=O) groups is 1. The molecule has 0 spiro atoms. The lowest BCUT2D eigenvalue weighted by atomic mass is 9.92. The molecule has 24 heavy (non-hydrogen) atoms. The highest BCUT2D eigenvalue weighted by Crippen LogP contribution is 2.31. The first-order chi connectivity index (χ1) is 11.7. The lowest BCUT2D eigenvalue weighted by molar-refractivity contribution is 0.0753. The van der Waals surface area contributed by atoms with Crippen molar-refractivity contribution in [1.29, 1.82) is 0 Å². The molecule has 2 aliphatic rings. The zero-order chi connectivity index (χ0) is 16.5. The van der Waals surface area contributed by atoms with Crippen molar-refractivity contribution >= 4 is 28.8 Å². The summed E-state index contributed by atoms with van der Waals surface area (Å²) >= 11 is 7.72. The number of rotatable bonds is 2. The monoisotopic (exact) mass is 361 g/mol. The van der Waals surface area contributed by atoms with Crippen LogP contribution in [0.3, 0.4) is 0 Å². The van der Waals surface area contributed by atoms with E-state index < -0.39 is 0 Å². The first-order valence-corrected chi connectivity index (χ1v) is 9.68. The van der Waals surface area contributed by atoms with E-state index in [-0.39, 0.29) is 5.91 Å². The van der Waals surface area contributed by atoms with Crippen molar-refractivity contribution < 1.29 is 4.79 Å². The molecule has 3 heterocycles. The van der Waals surface area contributed by atoms with E-state index in [0.717, 1.165) is 61.4 Å². The molecule has 6 heteroatoms. The minimum atomic E-state index is 0.0532. The maximum absolute atomic E-state index is 12.8. The van der Waals surface area contributed by atoms with Crippen molar-refractivity contribution in [1.82, 2.24) is 15.2 Å². The largest absolute Gasteiger partial charge is 0.337 e. The van der Waals surface area contributed by atoms with Gasteiger partial charge in [0.05, 0.1) is 5.02 Å². The first kappa shape index (κ1) is 16.1. The normalized spacial score (nSPS) is 23.8. The lowest BCUT2D eigenvalue weighted by Gasteiger charge is -2.19. The van der Waals surface area contributed by atoms with Gasteiger partial charge in [-0.3, -0.25) is 4.79 Å². The molecule has 2 aromatic rings. The van der Waals surface area contributed by atoms with Crippen LogP contribution >= 0.6 is 22.9 Å². The molecular weight excluding hydrogens is 342 g/mol. The Kier molecular flexibility index (Phi) is 4.57. The van der Waals surface area contributed by atoms with E-state index in [9.17, 15) is 4.79 Å². The minimum absolute atomic E-state index is 0.0532. The molecule has 0 bridgehead atoms. The standard InChI is InChI=1S/C18H20ClN3OS/c19-15-4-2-1-3-14(15)17-21-16(11-24-17)18(23)22-7-5-12-9-20-10-13(12)6-8-22/h1-4,11-13,20H,5-10H2/t12-,13+. The summed E-state index contributed by atoms with van der Waals surface area (Å²) < 4.78 is 0. The van der Waals surface area contributed by atoms with E-state index in [2.05, 4.69) is 10.3 Å². The fourth-order valence-electron chi connectivity index (χ4n) is 3.71. The Bertz CT molecular complexity index is 733. The highest BCUT2D eigenvalue weighted by Gasteiger charge is 2.32. The summed E-state index contributed by atoms with van der Waals surface area (Å²) in [5.74, 6) is 1.49. The Morgan fingerprint density at radius 3 is 2.62 bits per heavy atom. The van der Waals surface area contributed by atoms with Crippen LogP contribution in [0.5, 0.6) is 0 Å². The number of hydrogen-bond acceptors (Lipinski definition) is 4. The van der Waals surface area contributed by atoms with Crippen LogP contribution in [0.15, 0.2) is 29.6 Å². The summed E-state index contributed by atoms with van der Waals surface area (Å²) in [6.45, 7) is 3.86. The van der Waals surface area contributed by atoms with Gasteiger partial charge in [-0.2, -0.15) is 0 Å². The summed E-state index contributed by atoms with van der Waals surface area (Å²) in [6, 6.07) is 7.62. The van der Waals surface area contributed by atoms with Crippen molar-refractivity contribution in [3.8, 4) is 10.6 Å². The van der Waals surface area contributed by atoms with Crippen LogP contribution in [-0.4, -0.2) is 42.0 Å². The second-order valence-corrected chi connectivity index (χ2v) is 7.83. The van der Waals surface area contributed by atoms with E-state index >= 15 is 0 Å². The molecule has 0 saturated carbocycles. The van der Waals surface area contributed by atoms with Crippen LogP contribution in [0.2, 0.25) is 5.02 Å². The minimum Gasteiger partial charge on any atom is -0.337 e. The van der Waals surface area contributed by atoms with Gasteiger partial charge in [0.1, 0.15) is 10.7 Å². The number of amides is 1. The quantitative estimate of drug-likeness (QED) is 0.889. The Morgan fingerprint density at radius 1 is 1.21 bits per heavy atom. The maximum atomic E-state index is 12.8. The smallest absolute Gasteiger partial charge is 0.273 e. The van der Waals surface area contributed by atoms with Gasteiger partial charge in [0.15, 0.2) is 0 Å². The molecule has 1 aromatic carbocycles. The molecule has 0 radical (unpaired) electrons. The van der Waals surface area contributed by atoms with Gasteiger partial charge in [-0.05, 0) is 43.8 Å². The van der Waals surface area contributed by atoms with Gasteiger partial charge >= 0.3 is 0 Å². The number of likely N-dealkylation sites (tertiary alicyclic amines) is 1. The first-order valence-electron chi connectivity index (χ1n) is 8.43. The summed E-state index contributed by atoms with van der Waals surface area (Å²) in [4.78, 5) is 19.3. The van der Waals surface area contributed by atoms with E-state index in [1.807, 2.05) is 34.5 Å². The summed E-state index contributed by atoms with van der Waals surface area (Å²) in [5, 5.41) is 6.80. The van der Waals surface area contributed by atoms with Gasteiger partial charge < -0.3 is 10.2 Å². The van der Waals surface area contributed by atoms with Crippen molar-refractivity contribution in [3.05, 3.63) is 40.4 Å². The fraction of sp³-hybridized carbons (Fsp3) is 0.444. The highest BCUT2D eigenvalue weighted by molar-refractivity contribution is 7.13. The zero-order valence-corrected chi connectivity index (χ0v) is 14.9. The van der Waals surface area contributed by atoms with Gasteiger partial charge in [-0.1, -0.05) is 29.8 Å². The predicted molar refractivity (Wildman–Crippen MR) is 97.5 cm³/mol. The van der Waals surface area contributed by atoms with Crippen molar-refractivity contribution in [2.75, 3.05) is 26.2 Å². The van der Waals surface area contributed by atoms with Crippen LogP contribution in [-0.2, 0) is 0 Å². The Balaban J connectivity index is 1.50. The van der Waals surface area contributed by atoms with E-state index in [0.29, 0.717) is 10.7 Å². The van der Waals surface area contributed by atoms with Crippen molar-refractivity contribution in [2.24, 2.45) is 11.8 Å².